The molecule has 0 saturated carbocycles. The third-order valence-electron chi connectivity index (χ3n) is 6.98. The number of rotatable bonds is 9. The number of ether oxygens (including phenoxy) is 1. The van der Waals surface area contributed by atoms with Gasteiger partial charge in [0.2, 0.25) is 0 Å². The topological polar surface area (TPSA) is 118 Å². The van der Waals surface area contributed by atoms with Crippen LogP contribution in [0.25, 0.3) is 0 Å². The van der Waals surface area contributed by atoms with Gasteiger partial charge in [-0.1, -0.05) is 11.6 Å². The lowest BCUT2D eigenvalue weighted by atomic mass is 9.96. The van der Waals surface area contributed by atoms with Crippen LogP contribution >= 0.6 is 11.6 Å². The Balaban J connectivity index is 1.39. The van der Waals surface area contributed by atoms with E-state index in [1.54, 1.807) is 26.0 Å². The highest BCUT2D eigenvalue weighted by molar-refractivity contribution is 7.90. The second-order valence-electron chi connectivity index (χ2n) is 10.4. The lowest BCUT2D eigenvalue weighted by Crippen LogP contribution is -2.55. The number of nitrogens with zero attached hydrogens (tertiary/aromatic N) is 2. The fourth-order valence-electron chi connectivity index (χ4n) is 5.15. The number of sulfone groups is 1. The number of carbonyl (C=O) groups is 2. The van der Waals surface area contributed by atoms with Gasteiger partial charge in [-0.25, -0.2) is 22.2 Å². The van der Waals surface area contributed by atoms with Gasteiger partial charge in [-0.2, -0.15) is 0 Å². The first-order valence-corrected chi connectivity index (χ1v) is 14.8. The molecular weight excluding hydrogens is 554 g/mol. The first-order chi connectivity index (χ1) is 18.2. The zero-order chi connectivity index (χ0) is 28.5. The van der Waals surface area contributed by atoms with Crippen molar-refractivity contribution in [2.45, 2.75) is 74.6 Å². The first kappa shape index (κ1) is 29.0. The Morgan fingerprint density at radius 1 is 1.18 bits per heavy atom. The number of alkyl halides is 2. The van der Waals surface area contributed by atoms with E-state index in [0.717, 1.165) is 19.1 Å². The number of carbonyl (C=O) groups excluding carboxylic acids is 2. The minimum Gasteiger partial charge on any atom is -0.477 e. The van der Waals surface area contributed by atoms with E-state index in [1.807, 2.05) is 0 Å². The molecule has 0 spiro atoms. The number of pyridine rings is 1. The molecule has 2 aliphatic rings. The molecule has 2 saturated heterocycles. The summed E-state index contributed by atoms with van der Waals surface area (Å²) < 4.78 is 55.0. The molecule has 2 N–H and O–H groups in total. The molecule has 2 fully saturated rings. The predicted molar refractivity (Wildman–Crippen MR) is 142 cm³/mol. The molecule has 212 valence electrons. The van der Waals surface area contributed by atoms with Gasteiger partial charge in [-0.05, 0) is 69.9 Å². The zero-order valence-corrected chi connectivity index (χ0v) is 23.4. The largest absolute Gasteiger partial charge is 0.477 e. The maximum Gasteiger partial charge on any atom is 0.263 e. The number of piperidine rings is 1. The first-order valence-electron chi connectivity index (χ1n) is 12.5. The van der Waals surface area contributed by atoms with Crippen LogP contribution in [0.3, 0.4) is 0 Å². The van der Waals surface area contributed by atoms with Crippen molar-refractivity contribution in [3.05, 3.63) is 47.1 Å². The summed E-state index contributed by atoms with van der Waals surface area (Å²) in [5.74, 6) is -0.232. The summed E-state index contributed by atoms with van der Waals surface area (Å²) >= 11 is 5.97. The van der Waals surface area contributed by atoms with E-state index in [-0.39, 0.29) is 45.3 Å². The van der Waals surface area contributed by atoms with E-state index in [1.165, 1.54) is 24.4 Å². The number of fused-ring (bicyclic) bond motifs is 2. The van der Waals surface area contributed by atoms with E-state index < -0.39 is 34.3 Å². The average molecular weight is 585 g/mol. The Morgan fingerprint density at radius 2 is 1.85 bits per heavy atom. The summed E-state index contributed by atoms with van der Waals surface area (Å²) in [6.07, 6.45) is 2.98. The highest BCUT2D eigenvalue weighted by Gasteiger charge is 2.43. The number of aromatic nitrogens is 1. The van der Waals surface area contributed by atoms with Crippen LogP contribution in [-0.2, 0) is 14.6 Å². The lowest BCUT2D eigenvalue weighted by molar-refractivity contribution is -0.135. The van der Waals surface area contributed by atoms with E-state index in [9.17, 15) is 26.8 Å². The predicted octanol–water partition coefficient (Wildman–Crippen LogP) is 3.61. The fraction of sp³-hybridized carbons (Fsp3) is 0.500. The molecule has 0 unspecified atom stereocenters. The Kier molecular flexibility index (Phi) is 8.36. The molecule has 13 heteroatoms. The van der Waals surface area contributed by atoms with Crippen LogP contribution in [0.5, 0.6) is 5.75 Å². The average Bonchev–Trinajstić information content (AvgIpc) is 3.12. The van der Waals surface area contributed by atoms with Crippen LogP contribution in [-0.4, -0.2) is 68.2 Å². The van der Waals surface area contributed by atoms with Crippen molar-refractivity contribution >= 4 is 39.1 Å². The zero-order valence-electron chi connectivity index (χ0n) is 21.8. The van der Waals surface area contributed by atoms with Crippen LogP contribution in [0.1, 0.15) is 49.9 Å². The molecule has 1 aromatic carbocycles. The van der Waals surface area contributed by atoms with Crippen LogP contribution in [0.2, 0.25) is 5.02 Å². The molecule has 2 amide bonds. The molecule has 3 atom stereocenters. The number of benzene rings is 1. The Labute approximate surface area is 231 Å². The second-order valence-corrected chi connectivity index (χ2v) is 12.8. The van der Waals surface area contributed by atoms with Crippen molar-refractivity contribution in [3.8, 4) is 5.75 Å². The van der Waals surface area contributed by atoms with E-state index in [2.05, 4.69) is 20.5 Å². The van der Waals surface area contributed by atoms with Crippen molar-refractivity contribution < 1.29 is 31.5 Å². The molecule has 2 aromatic rings. The molecule has 0 radical (unpaired) electrons. The maximum atomic E-state index is 13.2. The van der Waals surface area contributed by atoms with Crippen molar-refractivity contribution in [3.63, 3.8) is 0 Å². The summed E-state index contributed by atoms with van der Waals surface area (Å²) in [5.41, 5.74) is -1.15. The number of hydrogen-bond acceptors (Lipinski definition) is 7. The number of amides is 2. The van der Waals surface area contributed by atoms with E-state index >= 15 is 0 Å². The smallest absolute Gasteiger partial charge is 0.263 e. The van der Waals surface area contributed by atoms with Crippen LogP contribution in [0.15, 0.2) is 41.4 Å². The summed E-state index contributed by atoms with van der Waals surface area (Å²) in [7, 11) is -3.64. The lowest BCUT2D eigenvalue weighted by Gasteiger charge is -2.41. The highest BCUT2D eigenvalue weighted by Crippen LogP contribution is 2.39. The molecule has 2 bridgehead atoms. The third kappa shape index (κ3) is 6.78. The normalized spacial score (nSPS) is 21.1. The summed E-state index contributed by atoms with van der Waals surface area (Å²) in [6, 6.07) is 7.64. The van der Waals surface area contributed by atoms with Gasteiger partial charge in [0.15, 0.2) is 15.4 Å². The second kappa shape index (κ2) is 11.2. The molecule has 3 heterocycles. The molecule has 9 nitrogen and oxygen atoms in total. The van der Waals surface area contributed by atoms with Crippen molar-refractivity contribution in [1.29, 1.82) is 0 Å². The SMILES string of the molecule is CC(C)(Oc1ccc(Cl)cc1S(C)(=O)=O)C(=O)N[C@H]1C[C@H]2CC[C@@H](C1)N2c1ccc(C(=O)NCC(F)F)cn1. The van der Waals surface area contributed by atoms with Crippen LogP contribution in [0, 0.1) is 0 Å². The molecule has 1 aromatic heterocycles. The Hall–Kier alpha value is -2.99. The number of nitrogens with one attached hydrogen (secondary N) is 2. The molecule has 4 rings (SSSR count). The van der Waals surface area contributed by atoms with E-state index in [4.69, 9.17) is 16.3 Å². The Bertz CT molecular complexity index is 1330. The number of halogens is 3. The minimum atomic E-state index is -3.64. The van der Waals surface area contributed by atoms with Gasteiger partial charge >= 0.3 is 0 Å². The van der Waals surface area contributed by atoms with Gasteiger partial charge in [0, 0.05) is 35.6 Å². The van der Waals surface area contributed by atoms with Gasteiger partial charge in [0.05, 0.1) is 12.1 Å². The highest BCUT2D eigenvalue weighted by atomic mass is 35.5. The van der Waals surface area contributed by atoms with Crippen LogP contribution < -0.4 is 20.3 Å². The van der Waals surface area contributed by atoms with Gasteiger partial charge in [-0.15, -0.1) is 0 Å². The van der Waals surface area contributed by atoms with Gasteiger partial charge in [-0.3, -0.25) is 9.59 Å². The standard InChI is InChI=1S/C26H31ClF2N4O5S/c1-26(2,38-20-8-5-16(27)10-21(20)39(3,36)37)25(35)32-17-11-18-6-7-19(12-17)33(18)23-9-4-15(13-30-23)24(34)31-14-22(28)29/h4-5,8-10,13,17-19,22H,6-7,11-12,14H2,1-3H3,(H,31,34)(H,32,35)/t17-,18+,19-. The summed E-state index contributed by atoms with van der Waals surface area (Å²) in [5, 5.41) is 5.47. The van der Waals surface area contributed by atoms with Gasteiger partial charge < -0.3 is 20.3 Å². The van der Waals surface area contributed by atoms with Crippen LogP contribution in [0.4, 0.5) is 14.6 Å². The van der Waals surface area contributed by atoms with Crippen molar-refractivity contribution in [2.24, 2.45) is 0 Å². The fourth-order valence-corrected chi connectivity index (χ4v) is 6.20. The van der Waals surface area contributed by atoms with E-state index in [0.29, 0.717) is 18.7 Å². The molecule has 0 aliphatic carbocycles. The summed E-state index contributed by atoms with van der Waals surface area (Å²) in [4.78, 5) is 31.8. The van der Waals surface area contributed by atoms with Crippen molar-refractivity contribution in [1.82, 2.24) is 15.6 Å². The quantitative estimate of drug-likeness (QED) is 0.462. The maximum absolute atomic E-state index is 13.2. The molecule has 39 heavy (non-hydrogen) atoms. The summed E-state index contributed by atoms with van der Waals surface area (Å²) in [6.45, 7) is 2.44. The third-order valence-corrected chi connectivity index (χ3v) is 8.33. The number of anilines is 1. The molecular formula is C26H31ClF2N4O5S. The minimum absolute atomic E-state index is 0.0503. The number of hydrogen-bond donors (Lipinski definition) is 2. The monoisotopic (exact) mass is 584 g/mol. The van der Waals surface area contributed by atoms with Crippen molar-refractivity contribution in [2.75, 3.05) is 17.7 Å². The Morgan fingerprint density at radius 3 is 2.41 bits per heavy atom. The molecule has 2 aliphatic heterocycles. The van der Waals surface area contributed by atoms with Gasteiger partial charge in [0.1, 0.15) is 16.5 Å². The van der Waals surface area contributed by atoms with Gasteiger partial charge in [0.25, 0.3) is 18.2 Å².